The van der Waals surface area contributed by atoms with Crippen molar-refractivity contribution in [1.29, 1.82) is 0 Å². The van der Waals surface area contributed by atoms with Gasteiger partial charge in [0.05, 0.1) is 10.4 Å². The number of benzene rings is 10. The maximum atomic E-state index is 2.45. The fraction of sp³-hybridized carbons (Fsp3) is 0. The van der Waals surface area contributed by atoms with Crippen LogP contribution in [0.2, 0.25) is 0 Å². The minimum absolute atomic E-state index is 1.11. The van der Waals surface area contributed by atoms with Gasteiger partial charge in [-0.25, -0.2) is 0 Å². The molecule has 1 nitrogen and oxygen atoms in total. The molecule has 0 unspecified atom stereocenters. The molecule has 1 aromatic heterocycles. The highest BCUT2D eigenvalue weighted by Gasteiger charge is 2.20. The van der Waals surface area contributed by atoms with Crippen molar-refractivity contribution in [3.05, 3.63) is 224 Å². The van der Waals surface area contributed by atoms with Crippen LogP contribution in [-0.4, -0.2) is 0 Å². The highest BCUT2D eigenvalue weighted by Crippen LogP contribution is 2.47. The average molecular weight is 756 g/mol. The minimum Gasteiger partial charge on any atom is -0.309 e. The summed E-state index contributed by atoms with van der Waals surface area (Å²) in [5.74, 6) is 0. The predicted octanol–water partition coefficient (Wildman–Crippen LogP) is 16.5. The number of hydrogen-bond acceptors (Lipinski definition) is 2. The molecule has 0 atom stereocenters. The van der Waals surface area contributed by atoms with Crippen LogP contribution in [0.3, 0.4) is 0 Å². The lowest BCUT2D eigenvalue weighted by Crippen LogP contribution is -2.10. The number of nitrogens with zero attached hydrogens (tertiary/aromatic N) is 1. The lowest BCUT2D eigenvalue weighted by Gasteiger charge is -2.27. The van der Waals surface area contributed by atoms with Crippen LogP contribution >= 0.6 is 11.3 Å². The summed E-state index contributed by atoms with van der Waals surface area (Å²) in [6, 6.07) is 81.9. The van der Waals surface area contributed by atoms with Gasteiger partial charge < -0.3 is 4.90 Å². The SMILES string of the molecule is c1ccc(-c2cccc3c2sc2c(N(c4ccc(-c5ccc6ccccc6c5)cc4)c4cccc(-c5cccc(-c6ccc7ccccc7c6)c5)c4)cccc23)cc1. The zero-order valence-corrected chi connectivity index (χ0v) is 32.5. The normalized spacial score (nSPS) is 11.4. The molecule has 1 heterocycles. The molecule has 11 aromatic rings. The molecule has 0 aliphatic heterocycles. The van der Waals surface area contributed by atoms with E-state index in [1.807, 2.05) is 11.3 Å². The molecule has 0 aliphatic rings. The fourth-order valence-electron chi connectivity index (χ4n) is 8.50. The minimum atomic E-state index is 1.11. The molecule has 0 amide bonds. The number of anilines is 3. The third-order valence-corrected chi connectivity index (χ3v) is 12.7. The maximum absolute atomic E-state index is 2.45. The van der Waals surface area contributed by atoms with Crippen molar-refractivity contribution in [2.45, 2.75) is 0 Å². The number of thiophene rings is 1. The van der Waals surface area contributed by atoms with Gasteiger partial charge in [-0.05, 0) is 115 Å². The van der Waals surface area contributed by atoms with Crippen LogP contribution in [0.25, 0.3) is 86.2 Å². The Labute approximate surface area is 342 Å². The Morgan fingerprint density at radius 1 is 0.276 bits per heavy atom. The van der Waals surface area contributed by atoms with Crippen LogP contribution in [-0.2, 0) is 0 Å². The topological polar surface area (TPSA) is 3.24 Å². The second-order valence-corrected chi connectivity index (χ2v) is 16.0. The summed E-state index contributed by atoms with van der Waals surface area (Å²) in [6.45, 7) is 0. The third-order valence-electron chi connectivity index (χ3n) is 11.4. The second-order valence-electron chi connectivity index (χ2n) is 14.9. The molecule has 11 rings (SSSR count). The van der Waals surface area contributed by atoms with Gasteiger partial charge >= 0.3 is 0 Å². The second kappa shape index (κ2) is 14.4. The Kier molecular flexibility index (Phi) is 8.42. The maximum Gasteiger partial charge on any atom is 0.0640 e. The first-order valence-corrected chi connectivity index (χ1v) is 20.6. The van der Waals surface area contributed by atoms with Crippen molar-refractivity contribution in [3.63, 3.8) is 0 Å². The molecule has 0 aliphatic carbocycles. The van der Waals surface area contributed by atoms with E-state index in [-0.39, 0.29) is 0 Å². The summed E-state index contributed by atoms with van der Waals surface area (Å²) in [4.78, 5) is 2.45. The van der Waals surface area contributed by atoms with E-state index >= 15 is 0 Å². The zero-order valence-electron chi connectivity index (χ0n) is 31.7. The molecule has 0 saturated heterocycles. The van der Waals surface area contributed by atoms with Crippen molar-refractivity contribution in [2.75, 3.05) is 4.90 Å². The van der Waals surface area contributed by atoms with Crippen LogP contribution in [0.15, 0.2) is 224 Å². The largest absolute Gasteiger partial charge is 0.309 e. The number of rotatable bonds is 7. The summed E-state index contributed by atoms with van der Waals surface area (Å²) in [5.41, 5.74) is 13.1. The van der Waals surface area contributed by atoms with Crippen LogP contribution in [0, 0.1) is 0 Å². The van der Waals surface area contributed by atoms with Crippen molar-refractivity contribution >= 4 is 70.1 Å². The Morgan fingerprint density at radius 2 is 0.776 bits per heavy atom. The Hall–Kier alpha value is -7.26. The highest BCUT2D eigenvalue weighted by molar-refractivity contribution is 7.27. The van der Waals surface area contributed by atoms with E-state index < -0.39 is 0 Å². The highest BCUT2D eigenvalue weighted by atomic mass is 32.1. The summed E-state index contributed by atoms with van der Waals surface area (Å²) >= 11 is 1.89. The summed E-state index contributed by atoms with van der Waals surface area (Å²) in [5, 5.41) is 7.56. The first-order valence-electron chi connectivity index (χ1n) is 19.8. The molecule has 0 fully saturated rings. The van der Waals surface area contributed by atoms with Gasteiger partial charge in [0.2, 0.25) is 0 Å². The third kappa shape index (κ3) is 6.12. The van der Waals surface area contributed by atoms with E-state index in [9.17, 15) is 0 Å². The van der Waals surface area contributed by atoms with Gasteiger partial charge in [0.25, 0.3) is 0 Å². The van der Waals surface area contributed by atoms with Gasteiger partial charge in [0.1, 0.15) is 0 Å². The lowest BCUT2D eigenvalue weighted by molar-refractivity contribution is 1.30. The van der Waals surface area contributed by atoms with E-state index in [1.54, 1.807) is 0 Å². The van der Waals surface area contributed by atoms with E-state index in [4.69, 9.17) is 0 Å². The Balaban J connectivity index is 1.06. The fourth-order valence-corrected chi connectivity index (χ4v) is 9.84. The first-order chi connectivity index (χ1) is 28.7. The predicted molar refractivity (Wildman–Crippen MR) is 251 cm³/mol. The van der Waals surface area contributed by atoms with Crippen molar-refractivity contribution < 1.29 is 0 Å². The van der Waals surface area contributed by atoms with Gasteiger partial charge in [0.15, 0.2) is 0 Å². The van der Waals surface area contributed by atoms with Crippen LogP contribution < -0.4 is 4.90 Å². The van der Waals surface area contributed by atoms with Gasteiger partial charge in [-0.15, -0.1) is 11.3 Å². The number of fused-ring (bicyclic) bond motifs is 5. The Bertz CT molecular complexity index is 3290. The van der Waals surface area contributed by atoms with Gasteiger partial charge in [-0.3, -0.25) is 0 Å². The monoisotopic (exact) mass is 755 g/mol. The molecule has 0 bridgehead atoms. The van der Waals surface area contributed by atoms with Crippen LogP contribution in [0.4, 0.5) is 17.1 Å². The molecule has 10 aromatic carbocycles. The molecule has 0 radical (unpaired) electrons. The van der Waals surface area contributed by atoms with Gasteiger partial charge in [0, 0.05) is 26.8 Å². The van der Waals surface area contributed by atoms with E-state index in [0.29, 0.717) is 0 Å². The summed E-state index contributed by atoms with van der Waals surface area (Å²) in [6.07, 6.45) is 0. The average Bonchev–Trinajstić information content (AvgIpc) is 3.69. The van der Waals surface area contributed by atoms with Crippen molar-refractivity contribution in [2.24, 2.45) is 0 Å². The smallest absolute Gasteiger partial charge is 0.0640 e. The molecule has 0 spiro atoms. The Morgan fingerprint density at radius 3 is 1.47 bits per heavy atom. The van der Waals surface area contributed by atoms with Gasteiger partial charge in [-0.2, -0.15) is 0 Å². The molecule has 0 saturated carbocycles. The molecule has 0 N–H and O–H groups in total. The summed E-state index contributed by atoms with van der Waals surface area (Å²) in [7, 11) is 0. The molecule has 2 heteroatoms. The standard InChI is InChI=1S/C56H37NS/c1-2-14-41(15-3-1)51-22-10-23-52-53-24-11-25-54(56(53)58-55(51)52)57(49-32-30-40(31-33-49)47-28-26-38-12-4-6-16-42(38)34-47)50-21-9-20-46(37-50)44-18-8-19-45(36-44)48-29-27-39-13-5-7-17-43(39)35-48/h1-37H. The molecular weight excluding hydrogens is 719 g/mol. The van der Waals surface area contributed by atoms with E-state index in [0.717, 1.165) is 11.4 Å². The van der Waals surface area contributed by atoms with Crippen LogP contribution in [0.5, 0.6) is 0 Å². The molecule has 272 valence electrons. The zero-order chi connectivity index (χ0) is 38.4. The first kappa shape index (κ1) is 34.0. The molecule has 58 heavy (non-hydrogen) atoms. The summed E-state index contributed by atoms with van der Waals surface area (Å²) < 4.78 is 2.57. The lowest BCUT2D eigenvalue weighted by atomic mass is 9.97. The number of hydrogen-bond donors (Lipinski definition) is 0. The van der Waals surface area contributed by atoms with E-state index in [2.05, 4.69) is 229 Å². The van der Waals surface area contributed by atoms with Crippen molar-refractivity contribution in [1.82, 2.24) is 0 Å². The van der Waals surface area contributed by atoms with Gasteiger partial charge in [-0.1, -0.05) is 176 Å². The van der Waals surface area contributed by atoms with Crippen molar-refractivity contribution in [3.8, 4) is 44.5 Å². The quantitative estimate of drug-likeness (QED) is 0.157. The molecular formula is C56H37NS. The van der Waals surface area contributed by atoms with E-state index in [1.165, 1.54) is 91.9 Å². The van der Waals surface area contributed by atoms with Crippen LogP contribution in [0.1, 0.15) is 0 Å².